The van der Waals surface area contributed by atoms with Crippen LogP contribution in [-0.2, 0) is 6.54 Å². The van der Waals surface area contributed by atoms with E-state index >= 15 is 0 Å². The lowest BCUT2D eigenvalue weighted by Crippen LogP contribution is -2.25. The Hall–Kier alpha value is -2.34. The third kappa shape index (κ3) is 2.46. The molecule has 3 aromatic rings. The lowest BCUT2D eigenvalue weighted by Gasteiger charge is -2.14. The molecule has 3 rings (SSSR count). The monoisotopic (exact) mass is 300 g/mol. The first-order valence-corrected chi connectivity index (χ1v) is 7.31. The van der Waals surface area contributed by atoms with E-state index in [1.165, 1.54) is 0 Å². The van der Waals surface area contributed by atoms with Gasteiger partial charge < -0.3 is 14.2 Å². The molecule has 0 aliphatic carbocycles. The smallest absolute Gasteiger partial charge is 0.275 e. The Morgan fingerprint density at radius 2 is 2.05 bits per heavy atom. The normalized spacial score (nSPS) is 11.6. The molecule has 0 aliphatic heterocycles. The molecular formula is C16H20N4O2. The van der Waals surface area contributed by atoms with Gasteiger partial charge in [0.2, 0.25) is 5.88 Å². The highest BCUT2D eigenvalue weighted by atomic mass is 16.5. The van der Waals surface area contributed by atoms with Gasteiger partial charge in [-0.1, -0.05) is 0 Å². The fourth-order valence-corrected chi connectivity index (χ4v) is 2.68. The Morgan fingerprint density at radius 1 is 1.23 bits per heavy atom. The molecule has 6 nitrogen and oxygen atoms in total. The van der Waals surface area contributed by atoms with E-state index in [0.717, 1.165) is 24.1 Å². The van der Waals surface area contributed by atoms with Crippen LogP contribution in [0.1, 0.15) is 6.42 Å². The molecule has 0 N–H and O–H groups in total. The average Bonchev–Trinajstić information content (AvgIpc) is 3.00. The summed E-state index contributed by atoms with van der Waals surface area (Å²) in [5, 5.41) is 0. The topological polar surface area (TPSA) is 51.8 Å². The second-order valence-electron chi connectivity index (χ2n) is 5.57. The molecule has 3 aromatic heterocycles. The number of methoxy groups -OCH3 is 1. The van der Waals surface area contributed by atoms with Crippen LogP contribution < -0.4 is 10.3 Å². The molecule has 0 amide bonds. The van der Waals surface area contributed by atoms with Crippen molar-refractivity contribution >= 4 is 16.7 Å². The zero-order valence-electron chi connectivity index (χ0n) is 13.1. The third-order valence-electron chi connectivity index (χ3n) is 3.76. The molecule has 116 valence electrons. The van der Waals surface area contributed by atoms with Crippen molar-refractivity contribution in [2.45, 2.75) is 13.0 Å². The van der Waals surface area contributed by atoms with Crippen molar-refractivity contribution in [3.05, 3.63) is 40.8 Å². The van der Waals surface area contributed by atoms with Crippen LogP contribution in [0.4, 0.5) is 0 Å². The van der Waals surface area contributed by atoms with Gasteiger partial charge >= 0.3 is 0 Å². The lowest BCUT2D eigenvalue weighted by molar-refractivity contribution is 0.386. The van der Waals surface area contributed by atoms with Gasteiger partial charge in [-0.05, 0) is 45.3 Å². The van der Waals surface area contributed by atoms with Gasteiger partial charge in [-0.25, -0.2) is 0 Å². The van der Waals surface area contributed by atoms with Crippen LogP contribution in [0.25, 0.3) is 16.7 Å². The maximum absolute atomic E-state index is 12.7. The van der Waals surface area contributed by atoms with Crippen molar-refractivity contribution < 1.29 is 4.74 Å². The number of rotatable bonds is 5. The van der Waals surface area contributed by atoms with E-state index in [4.69, 9.17) is 4.74 Å². The largest absolute Gasteiger partial charge is 0.481 e. The van der Waals surface area contributed by atoms with E-state index < -0.39 is 0 Å². The number of pyridine rings is 1. The minimum atomic E-state index is 0.0169. The van der Waals surface area contributed by atoms with Crippen LogP contribution in [0, 0.1) is 0 Å². The second-order valence-corrected chi connectivity index (χ2v) is 5.57. The second kappa shape index (κ2) is 5.81. The van der Waals surface area contributed by atoms with Gasteiger partial charge in [0.25, 0.3) is 5.56 Å². The van der Waals surface area contributed by atoms with Gasteiger partial charge in [0.1, 0.15) is 5.52 Å². The predicted molar refractivity (Wildman–Crippen MR) is 86.7 cm³/mol. The fourth-order valence-electron chi connectivity index (χ4n) is 2.68. The molecule has 22 heavy (non-hydrogen) atoms. The number of aryl methyl sites for hydroxylation is 1. The SMILES string of the molecule is COc1ccc2c(n1)n1cccc1c(=O)n2CCCN(C)C. The Kier molecular flexibility index (Phi) is 3.85. The summed E-state index contributed by atoms with van der Waals surface area (Å²) in [7, 11) is 5.65. The maximum Gasteiger partial charge on any atom is 0.275 e. The van der Waals surface area contributed by atoms with Gasteiger partial charge in [-0.15, -0.1) is 0 Å². The molecule has 0 aliphatic rings. The number of aromatic nitrogens is 3. The Balaban J connectivity index is 2.19. The summed E-state index contributed by atoms with van der Waals surface area (Å²) in [5.41, 5.74) is 2.22. The molecule has 0 radical (unpaired) electrons. The number of hydrogen-bond donors (Lipinski definition) is 0. The Labute approximate surface area is 128 Å². The number of fused-ring (bicyclic) bond motifs is 3. The standard InChI is InChI=1S/C16H20N4O2/c1-18(2)9-5-11-20-12-7-8-14(22-3)17-15(12)19-10-4-6-13(19)16(20)21/h4,6-8,10H,5,9,11H2,1-3H3. The highest BCUT2D eigenvalue weighted by molar-refractivity contribution is 5.75. The summed E-state index contributed by atoms with van der Waals surface area (Å²) < 4.78 is 8.84. The molecule has 0 saturated carbocycles. The van der Waals surface area contributed by atoms with Crippen LogP contribution in [0.5, 0.6) is 5.88 Å². The van der Waals surface area contributed by atoms with Crippen molar-refractivity contribution in [3.63, 3.8) is 0 Å². The fraction of sp³-hybridized carbons (Fsp3) is 0.375. The summed E-state index contributed by atoms with van der Waals surface area (Å²) >= 11 is 0. The van der Waals surface area contributed by atoms with Crippen LogP contribution >= 0.6 is 0 Å². The summed E-state index contributed by atoms with van der Waals surface area (Å²) in [6, 6.07) is 7.38. The molecule has 6 heteroatoms. The van der Waals surface area contributed by atoms with E-state index in [1.807, 2.05) is 42.9 Å². The first-order chi connectivity index (χ1) is 10.6. The van der Waals surface area contributed by atoms with Crippen LogP contribution in [0.15, 0.2) is 35.3 Å². The van der Waals surface area contributed by atoms with Crippen molar-refractivity contribution in [1.29, 1.82) is 0 Å². The van der Waals surface area contributed by atoms with Crippen molar-refractivity contribution in [2.75, 3.05) is 27.7 Å². The maximum atomic E-state index is 12.7. The molecule has 0 saturated heterocycles. The number of nitrogens with zero attached hydrogens (tertiary/aromatic N) is 4. The average molecular weight is 300 g/mol. The Morgan fingerprint density at radius 3 is 2.77 bits per heavy atom. The molecule has 0 fully saturated rings. The molecule has 0 bridgehead atoms. The summed E-state index contributed by atoms with van der Waals surface area (Å²) in [6.07, 6.45) is 2.76. The highest BCUT2D eigenvalue weighted by Crippen LogP contribution is 2.17. The first kappa shape index (κ1) is 14.6. The molecule has 0 aromatic carbocycles. The van der Waals surface area contributed by atoms with E-state index in [1.54, 1.807) is 17.7 Å². The van der Waals surface area contributed by atoms with Crippen molar-refractivity contribution in [3.8, 4) is 5.88 Å². The lowest BCUT2D eigenvalue weighted by atomic mass is 10.3. The van der Waals surface area contributed by atoms with Gasteiger partial charge in [0, 0.05) is 18.8 Å². The van der Waals surface area contributed by atoms with E-state index in [0.29, 0.717) is 17.9 Å². The predicted octanol–water partition coefficient (Wildman–Crippen LogP) is 1.61. The van der Waals surface area contributed by atoms with Gasteiger partial charge in [-0.2, -0.15) is 4.98 Å². The quantitative estimate of drug-likeness (QED) is 0.718. The van der Waals surface area contributed by atoms with E-state index in [-0.39, 0.29) is 5.56 Å². The van der Waals surface area contributed by atoms with Crippen molar-refractivity contribution in [1.82, 2.24) is 18.9 Å². The molecule has 0 atom stereocenters. The molecule has 0 spiro atoms. The third-order valence-corrected chi connectivity index (χ3v) is 3.76. The van der Waals surface area contributed by atoms with Crippen molar-refractivity contribution in [2.24, 2.45) is 0 Å². The molecule has 3 heterocycles. The summed E-state index contributed by atoms with van der Waals surface area (Å²) in [6.45, 7) is 1.60. The van der Waals surface area contributed by atoms with Crippen LogP contribution in [-0.4, -0.2) is 46.6 Å². The summed E-state index contributed by atoms with van der Waals surface area (Å²) in [4.78, 5) is 19.3. The van der Waals surface area contributed by atoms with Crippen LogP contribution in [0.2, 0.25) is 0 Å². The number of ether oxygens (including phenoxy) is 1. The minimum absolute atomic E-state index is 0.0169. The number of hydrogen-bond acceptors (Lipinski definition) is 4. The van der Waals surface area contributed by atoms with E-state index in [9.17, 15) is 4.79 Å². The zero-order valence-corrected chi connectivity index (χ0v) is 13.1. The highest BCUT2D eigenvalue weighted by Gasteiger charge is 2.12. The summed E-state index contributed by atoms with van der Waals surface area (Å²) in [5.74, 6) is 0.543. The first-order valence-electron chi connectivity index (χ1n) is 7.31. The Bertz CT molecular complexity index is 864. The van der Waals surface area contributed by atoms with E-state index in [2.05, 4.69) is 9.88 Å². The molecular weight excluding hydrogens is 280 g/mol. The van der Waals surface area contributed by atoms with Gasteiger partial charge in [-0.3, -0.25) is 9.20 Å². The minimum Gasteiger partial charge on any atom is -0.481 e. The van der Waals surface area contributed by atoms with Gasteiger partial charge in [0.05, 0.1) is 12.6 Å². The van der Waals surface area contributed by atoms with Gasteiger partial charge in [0.15, 0.2) is 5.65 Å². The zero-order chi connectivity index (χ0) is 15.7. The van der Waals surface area contributed by atoms with Crippen LogP contribution in [0.3, 0.4) is 0 Å². The molecule has 0 unspecified atom stereocenters.